The topological polar surface area (TPSA) is 76.7 Å². The summed E-state index contributed by atoms with van der Waals surface area (Å²) in [5, 5.41) is 5.55. The first-order valence-electron chi connectivity index (χ1n) is 8.58. The molecule has 2 rings (SSSR count). The fraction of sp³-hybridized carbons (Fsp3) is 0.238. The molecule has 0 aliphatic carbocycles. The van der Waals surface area contributed by atoms with E-state index in [4.69, 9.17) is 9.47 Å². The minimum atomic E-state index is -0.254. The minimum absolute atomic E-state index is 0.177. The number of ether oxygens (including phenoxy) is 2. The summed E-state index contributed by atoms with van der Waals surface area (Å²) in [7, 11) is 3.08. The molecule has 0 heterocycles. The first-order valence-corrected chi connectivity index (χ1v) is 8.58. The first kappa shape index (κ1) is 20.0. The SMILES string of the molecule is C=CCc1cc(C(=O)NCCNC(=O)c2ccccc2)cc(OC)c1OC. The first-order chi connectivity index (χ1) is 13.1. The molecule has 27 heavy (non-hydrogen) atoms. The van der Waals surface area contributed by atoms with Crippen molar-refractivity contribution in [3.63, 3.8) is 0 Å². The Morgan fingerprint density at radius 2 is 1.59 bits per heavy atom. The summed E-state index contributed by atoms with van der Waals surface area (Å²) in [5.41, 5.74) is 1.85. The van der Waals surface area contributed by atoms with Gasteiger partial charge in [0, 0.05) is 29.8 Å². The number of hydrogen-bond donors (Lipinski definition) is 2. The number of benzene rings is 2. The van der Waals surface area contributed by atoms with E-state index in [0.29, 0.717) is 42.1 Å². The van der Waals surface area contributed by atoms with E-state index >= 15 is 0 Å². The largest absolute Gasteiger partial charge is 0.493 e. The van der Waals surface area contributed by atoms with Gasteiger partial charge >= 0.3 is 0 Å². The quantitative estimate of drug-likeness (QED) is 0.527. The van der Waals surface area contributed by atoms with Crippen molar-refractivity contribution in [2.45, 2.75) is 6.42 Å². The van der Waals surface area contributed by atoms with Gasteiger partial charge in [-0.3, -0.25) is 9.59 Å². The van der Waals surface area contributed by atoms with Gasteiger partial charge in [0.05, 0.1) is 14.2 Å². The van der Waals surface area contributed by atoms with Gasteiger partial charge in [0.15, 0.2) is 11.5 Å². The zero-order valence-electron chi connectivity index (χ0n) is 15.6. The zero-order chi connectivity index (χ0) is 19.6. The molecule has 2 amide bonds. The standard InChI is InChI=1S/C21H24N2O4/c1-4-8-16-13-17(14-18(26-2)19(16)27-3)21(25)23-12-11-22-20(24)15-9-6-5-7-10-15/h4-7,9-10,13-14H,1,8,11-12H2,2-3H3,(H,22,24)(H,23,25). The van der Waals surface area contributed by atoms with Gasteiger partial charge in [-0.05, 0) is 30.7 Å². The third-order valence-electron chi connectivity index (χ3n) is 3.91. The molecule has 0 radical (unpaired) electrons. The van der Waals surface area contributed by atoms with Crippen LogP contribution in [0.25, 0.3) is 0 Å². The molecule has 0 aliphatic rings. The molecule has 0 aromatic heterocycles. The van der Waals surface area contributed by atoms with Crippen LogP contribution in [0.15, 0.2) is 55.1 Å². The fourth-order valence-electron chi connectivity index (χ4n) is 2.63. The molecule has 2 aromatic rings. The van der Waals surface area contributed by atoms with Crippen LogP contribution in [0.3, 0.4) is 0 Å². The fourth-order valence-corrected chi connectivity index (χ4v) is 2.63. The molecule has 0 atom stereocenters. The third-order valence-corrected chi connectivity index (χ3v) is 3.91. The zero-order valence-corrected chi connectivity index (χ0v) is 15.6. The van der Waals surface area contributed by atoms with Gasteiger partial charge in [0.25, 0.3) is 11.8 Å². The van der Waals surface area contributed by atoms with Crippen molar-refractivity contribution in [1.82, 2.24) is 10.6 Å². The smallest absolute Gasteiger partial charge is 0.251 e. The Bertz CT molecular complexity index is 803. The van der Waals surface area contributed by atoms with E-state index in [0.717, 1.165) is 5.56 Å². The van der Waals surface area contributed by atoms with Crippen molar-refractivity contribution in [2.75, 3.05) is 27.3 Å². The Balaban J connectivity index is 1.96. The van der Waals surface area contributed by atoms with E-state index in [2.05, 4.69) is 17.2 Å². The maximum absolute atomic E-state index is 12.4. The van der Waals surface area contributed by atoms with Crippen molar-refractivity contribution in [3.05, 3.63) is 71.8 Å². The Morgan fingerprint density at radius 3 is 2.15 bits per heavy atom. The Hall–Kier alpha value is -3.28. The van der Waals surface area contributed by atoms with Gasteiger partial charge in [-0.1, -0.05) is 24.3 Å². The normalized spacial score (nSPS) is 10.0. The number of carbonyl (C=O) groups is 2. The van der Waals surface area contributed by atoms with Crippen LogP contribution in [0.2, 0.25) is 0 Å². The highest BCUT2D eigenvalue weighted by molar-refractivity contribution is 5.96. The summed E-state index contributed by atoms with van der Waals surface area (Å²) < 4.78 is 10.7. The Morgan fingerprint density at radius 1 is 0.963 bits per heavy atom. The van der Waals surface area contributed by atoms with Crippen LogP contribution in [0.1, 0.15) is 26.3 Å². The molecule has 6 nitrogen and oxygen atoms in total. The lowest BCUT2D eigenvalue weighted by Gasteiger charge is -2.14. The van der Waals surface area contributed by atoms with Crippen LogP contribution >= 0.6 is 0 Å². The summed E-state index contributed by atoms with van der Waals surface area (Å²) in [5.74, 6) is 0.642. The monoisotopic (exact) mass is 368 g/mol. The third kappa shape index (κ3) is 5.34. The minimum Gasteiger partial charge on any atom is -0.493 e. The van der Waals surface area contributed by atoms with Gasteiger partial charge in [0.2, 0.25) is 0 Å². The van der Waals surface area contributed by atoms with Crippen molar-refractivity contribution in [3.8, 4) is 11.5 Å². The molecule has 0 saturated heterocycles. The number of hydrogen-bond acceptors (Lipinski definition) is 4. The molecule has 0 spiro atoms. The van der Waals surface area contributed by atoms with E-state index in [1.165, 1.54) is 7.11 Å². The second-order valence-electron chi connectivity index (χ2n) is 5.74. The molecule has 0 bridgehead atoms. The van der Waals surface area contributed by atoms with Gasteiger partial charge in [0.1, 0.15) is 0 Å². The number of amides is 2. The highest BCUT2D eigenvalue weighted by Crippen LogP contribution is 2.33. The number of carbonyl (C=O) groups excluding carboxylic acids is 2. The Labute approximate surface area is 159 Å². The highest BCUT2D eigenvalue weighted by atomic mass is 16.5. The molecular weight excluding hydrogens is 344 g/mol. The van der Waals surface area contributed by atoms with Crippen molar-refractivity contribution >= 4 is 11.8 Å². The second kappa shape index (κ2) is 10.0. The number of nitrogens with one attached hydrogen (secondary N) is 2. The van der Waals surface area contributed by atoms with Gasteiger partial charge in [-0.2, -0.15) is 0 Å². The van der Waals surface area contributed by atoms with E-state index in [9.17, 15) is 9.59 Å². The predicted molar refractivity (Wildman–Crippen MR) is 105 cm³/mol. The van der Waals surface area contributed by atoms with Crippen LogP contribution in [-0.4, -0.2) is 39.1 Å². The molecular formula is C21H24N2O4. The summed E-state index contributed by atoms with van der Waals surface area (Å²) >= 11 is 0. The molecule has 0 fully saturated rings. The predicted octanol–water partition coefficient (Wildman–Crippen LogP) is 2.59. The van der Waals surface area contributed by atoms with Gasteiger partial charge in [-0.25, -0.2) is 0 Å². The van der Waals surface area contributed by atoms with Crippen LogP contribution in [0, 0.1) is 0 Å². The Kier molecular flexibility index (Phi) is 7.43. The maximum Gasteiger partial charge on any atom is 0.251 e. The molecule has 0 unspecified atom stereocenters. The van der Waals surface area contributed by atoms with E-state index < -0.39 is 0 Å². The highest BCUT2D eigenvalue weighted by Gasteiger charge is 2.15. The van der Waals surface area contributed by atoms with Crippen molar-refractivity contribution in [1.29, 1.82) is 0 Å². The lowest BCUT2D eigenvalue weighted by atomic mass is 10.0. The van der Waals surface area contributed by atoms with Crippen LogP contribution in [0.4, 0.5) is 0 Å². The van der Waals surface area contributed by atoms with E-state index in [-0.39, 0.29) is 11.8 Å². The van der Waals surface area contributed by atoms with Gasteiger partial charge in [-0.15, -0.1) is 6.58 Å². The number of rotatable bonds is 9. The number of methoxy groups -OCH3 is 2. The van der Waals surface area contributed by atoms with E-state index in [1.54, 1.807) is 49.6 Å². The second-order valence-corrected chi connectivity index (χ2v) is 5.74. The number of allylic oxidation sites excluding steroid dienone is 1. The summed E-state index contributed by atoms with van der Waals surface area (Å²) in [4.78, 5) is 24.4. The average Bonchev–Trinajstić information content (AvgIpc) is 2.71. The van der Waals surface area contributed by atoms with Crippen molar-refractivity contribution in [2.24, 2.45) is 0 Å². The molecule has 2 N–H and O–H groups in total. The molecule has 6 heteroatoms. The maximum atomic E-state index is 12.4. The van der Waals surface area contributed by atoms with Gasteiger partial charge < -0.3 is 20.1 Å². The molecule has 0 saturated carbocycles. The van der Waals surface area contributed by atoms with Crippen molar-refractivity contribution < 1.29 is 19.1 Å². The summed E-state index contributed by atoms with van der Waals surface area (Å²) in [6.07, 6.45) is 2.28. The summed E-state index contributed by atoms with van der Waals surface area (Å²) in [6.45, 7) is 4.36. The average molecular weight is 368 g/mol. The molecule has 0 aliphatic heterocycles. The molecule has 2 aromatic carbocycles. The molecule has 142 valence electrons. The lowest BCUT2D eigenvalue weighted by Crippen LogP contribution is -2.34. The summed E-state index contributed by atoms with van der Waals surface area (Å²) in [6, 6.07) is 12.3. The van der Waals surface area contributed by atoms with Crippen LogP contribution < -0.4 is 20.1 Å². The van der Waals surface area contributed by atoms with E-state index in [1.807, 2.05) is 6.07 Å². The lowest BCUT2D eigenvalue weighted by molar-refractivity contribution is 0.0927. The van der Waals surface area contributed by atoms with Crippen LogP contribution in [0.5, 0.6) is 11.5 Å². The van der Waals surface area contributed by atoms with Crippen LogP contribution in [-0.2, 0) is 6.42 Å².